The lowest BCUT2D eigenvalue weighted by Crippen LogP contribution is -2.41. The second-order valence-corrected chi connectivity index (χ2v) is 6.78. The van der Waals surface area contributed by atoms with Gasteiger partial charge in [0.05, 0.1) is 13.7 Å². The summed E-state index contributed by atoms with van der Waals surface area (Å²) in [5, 5.41) is 5.15. The third-order valence-electron chi connectivity index (χ3n) is 4.42. The minimum atomic E-state index is 0.0569. The molecule has 0 aliphatic carbocycles. The van der Waals surface area contributed by atoms with Crippen LogP contribution in [0.2, 0.25) is 0 Å². The van der Waals surface area contributed by atoms with Crippen molar-refractivity contribution in [1.29, 1.82) is 0 Å². The van der Waals surface area contributed by atoms with Crippen LogP contribution in [0.15, 0.2) is 35.7 Å². The van der Waals surface area contributed by atoms with E-state index in [2.05, 4.69) is 28.6 Å². The Kier molecular flexibility index (Phi) is 4.98. The Labute approximate surface area is 141 Å². The van der Waals surface area contributed by atoms with Crippen LogP contribution in [0, 0.1) is 0 Å². The molecule has 0 saturated heterocycles. The molecule has 0 spiro atoms. The molecular weight excluding hydrogens is 308 g/mol. The topological polar surface area (TPSA) is 41.6 Å². The summed E-state index contributed by atoms with van der Waals surface area (Å²) in [7, 11) is 1.65. The zero-order valence-corrected chi connectivity index (χ0v) is 14.4. The highest BCUT2D eigenvalue weighted by Crippen LogP contribution is 2.32. The molecule has 1 aromatic carbocycles. The van der Waals surface area contributed by atoms with Crippen LogP contribution in [0.25, 0.3) is 0 Å². The first-order valence-electron chi connectivity index (χ1n) is 7.88. The van der Waals surface area contributed by atoms with Gasteiger partial charge < -0.3 is 10.1 Å². The summed E-state index contributed by atoms with van der Waals surface area (Å²) in [6.45, 7) is 4.05. The van der Waals surface area contributed by atoms with E-state index in [4.69, 9.17) is 4.74 Å². The summed E-state index contributed by atoms with van der Waals surface area (Å²) in [6, 6.07) is 10.3. The van der Waals surface area contributed by atoms with Crippen LogP contribution in [0.1, 0.15) is 29.0 Å². The number of benzene rings is 1. The molecule has 1 unspecified atom stereocenters. The van der Waals surface area contributed by atoms with Gasteiger partial charge in [0.15, 0.2) is 0 Å². The van der Waals surface area contributed by atoms with Gasteiger partial charge in [-0.3, -0.25) is 9.69 Å². The van der Waals surface area contributed by atoms with Crippen LogP contribution in [-0.4, -0.2) is 31.0 Å². The van der Waals surface area contributed by atoms with Crippen LogP contribution in [0.5, 0.6) is 5.75 Å². The third kappa shape index (κ3) is 3.57. The maximum absolute atomic E-state index is 12.3. The Balaban J connectivity index is 1.56. The van der Waals surface area contributed by atoms with Gasteiger partial charge in [-0.25, -0.2) is 0 Å². The first-order valence-corrected chi connectivity index (χ1v) is 8.76. The van der Waals surface area contributed by atoms with E-state index in [1.165, 1.54) is 10.4 Å². The molecule has 1 aromatic heterocycles. The number of nitrogens with one attached hydrogen (secondary N) is 1. The zero-order valence-electron chi connectivity index (χ0n) is 13.5. The molecule has 2 heterocycles. The van der Waals surface area contributed by atoms with Crippen molar-refractivity contribution >= 4 is 17.2 Å². The normalized spacial score (nSPS) is 17.6. The van der Waals surface area contributed by atoms with E-state index in [9.17, 15) is 4.79 Å². The molecule has 0 fully saturated rings. The van der Waals surface area contributed by atoms with Crippen molar-refractivity contribution in [2.24, 2.45) is 0 Å². The number of hydrogen-bond donors (Lipinski definition) is 1. The van der Waals surface area contributed by atoms with Crippen molar-refractivity contribution in [1.82, 2.24) is 10.2 Å². The fourth-order valence-electron chi connectivity index (χ4n) is 3.06. The van der Waals surface area contributed by atoms with Gasteiger partial charge in [-0.15, -0.1) is 11.3 Å². The van der Waals surface area contributed by atoms with Gasteiger partial charge in [0.1, 0.15) is 5.75 Å². The molecule has 1 atom stereocenters. The molecule has 122 valence electrons. The lowest BCUT2D eigenvalue weighted by molar-refractivity contribution is -0.123. The number of methoxy groups -OCH3 is 1. The third-order valence-corrected chi connectivity index (χ3v) is 5.42. The maximum Gasteiger partial charge on any atom is 0.234 e. The van der Waals surface area contributed by atoms with Gasteiger partial charge >= 0.3 is 0 Å². The second kappa shape index (κ2) is 7.15. The number of amides is 1. The molecule has 1 aliphatic rings. The molecule has 1 aliphatic heterocycles. The van der Waals surface area contributed by atoms with Crippen LogP contribution in [0.3, 0.4) is 0 Å². The average molecular weight is 330 g/mol. The van der Waals surface area contributed by atoms with Gasteiger partial charge in [0.25, 0.3) is 0 Å². The summed E-state index contributed by atoms with van der Waals surface area (Å²) < 4.78 is 5.31. The highest BCUT2D eigenvalue weighted by Gasteiger charge is 2.25. The van der Waals surface area contributed by atoms with Crippen LogP contribution >= 0.6 is 11.3 Å². The summed E-state index contributed by atoms with van der Waals surface area (Å²) in [5.74, 6) is 0.864. The standard InChI is InChI=1S/C18H22N2O2S/c1-13-15-8-10-23-17(15)7-9-20(13)12-18(21)19-11-14-5-3-4-6-16(14)22-2/h3-6,8,10,13H,7,9,11-12H2,1-2H3,(H,19,21). The van der Waals surface area contributed by atoms with Gasteiger partial charge in [-0.05, 0) is 36.4 Å². The van der Waals surface area contributed by atoms with E-state index in [1.807, 2.05) is 35.6 Å². The quantitative estimate of drug-likeness (QED) is 0.916. The average Bonchev–Trinajstić information content (AvgIpc) is 3.05. The largest absolute Gasteiger partial charge is 0.496 e. The fourth-order valence-corrected chi connectivity index (χ4v) is 4.02. The molecule has 3 rings (SSSR count). The molecule has 0 saturated carbocycles. The predicted molar refractivity (Wildman–Crippen MR) is 92.9 cm³/mol. The Morgan fingerprint density at radius 3 is 3.04 bits per heavy atom. The number of thiophene rings is 1. The van der Waals surface area contributed by atoms with Crippen molar-refractivity contribution in [2.75, 3.05) is 20.2 Å². The highest BCUT2D eigenvalue weighted by molar-refractivity contribution is 7.10. The van der Waals surface area contributed by atoms with Crippen LogP contribution < -0.4 is 10.1 Å². The summed E-state index contributed by atoms with van der Waals surface area (Å²) in [6.07, 6.45) is 1.04. The smallest absolute Gasteiger partial charge is 0.234 e. The molecule has 4 nitrogen and oxygen atoms in total. The van der Waals surface area contributed by atoms with Gasteiger partial charge in [-0.2, -0.15) is 0 Å². The number of ether oxygens (including phenoxy) is 1. The highest BCUT2D eigenvalue weighted by atomic mass is 32.1. The van der Waals surface area contributed by atoms with Crippen molar-refractivity contribution in [3.8, 4) is 5.75 Å². The first-order chi connectivity index (χ1) is 11.2. The maximum atomic E-state index is 12.3. The SMILES string of the molecule is COc1ccccc1CNC(=O)CN1CCc2sccc2C1C. The van der Waals surface area contributed by atoms with Crippen LogP contribution in [0.4, 0.5) is 0 Å². The summed E-state index contributed by atoms with van der Waals surface area (Å²) in [4.78, 5) is 16.0. The fraction of sp³-hybridized carbons (Fsp3) is 0.389. The van der Waals surface area contributed by atoms with E-state index >= 15 is 0 Å². The second-order valence-electron chi connectivity index (χ2n) is 5.78. The number of rotatable bonds is 5. The molecule has 0 radical (unpaired) electrons. The van der Waals surface area contributed by atoms with E-state index in [1.54, 1.807) is 7.11 Å². The number of hydrogen-bond acceptors (Lipinski definition) is 4. The number of carbonyl (C=O) groups is 1. The monoisotopic (exact) mass is 330 g/mol. The Bertz CT molecular complexity index is 683. The van der Waals surface area contributed by atoms with Crippen molar-refractivity contribution in [3.05, 3.63) is 51.7 Å². The molecular formula is C18H22N2O2S. The van der Waals surface area contributed by atoms with E-state index in [0.717, 1.165) is 24.3 Å². The first kappa shape index (κ1) is 16.0. The Hall–Kier alpha value is -1.85. The summed E-state index contributed by atoms with van der Waals surface area (Å²) >= 11 is 1.82. The zero-order chi connectivity index (χ0) is 16.2. The van der Waals surface area contributed by atoms with Gasteiger partial charge in [-0.1, -0.05) is 18.2 Å². The minimum Gasteiger partial charge on any atom is -0.496 e. The molecule has 2 aromatic rings. The number of fused-ring (bicyclic) bond motifs is 1. The number of nitrogens with zero attached hydrogens (tertiary/aromatic N) is 1. The Morgan fingerprint density at radius 2 is 2.22 bits per heavy atom. The Morgan fingerprint density at radius 1 is 1.39 bits per heavy atom. The predicted octanol–water partition coefficient (Wildman–Crippen LogP) is 2.99. The summed E-state index contributed by atoms with van der Waals surface area (Å²) in [5.41, 5.74) is 2.37. The lowest BCUT2D eigenvalue weighted by atomic mass is 10.0. The molecule has 23 heavy (non-hydrogen) atoms. The van der Waals surface area contributed by atoms with Crippen molar-refractivity contribution < 1.29 is 9.53 Å². The minimum absolute atomic E-state index is 0.0569. The van der Waals surface area contributed by atoms with Gasteiger partial charge in [0, 0.05) is 29.6 Å². The molecule has 1 amide bonds. The van der Waals surface area contributed by atoms with Gasteiger partial charge in [0.2, 0.25) is 5.91 Å². The van der Waals surface area contributed by atoms with Crippen molar-refractivity contribution in [2.45, 2.75) is 25.9 Å². The molecule has 1 N–H and O–H groups in total. The number of carbonyl (C=O) groups excluding carboxylic acids is 1. The lowest BCUT2D eigenvalue weighted by Gasteiger charge is -2.32. The number of para-hydroxylation sites is 1. The van der Waals surface area contributed by atoms with E-state index in [-0.39, 0.29) is 5.91 Å². The molecule has 5 heteroatoms. The van der Waals surface area contributed by atoms with E-state index in [0.29, 0.717) is 19.1 Å². The van der Waals surface area contributed by atoms with E-state index < -0.39 is 0 Å². The molecule has 0 bridgehead atoms. The van der Waals surface area contributed by atoms with Crippen molar-refractivity contribution in [3.63, 3.8) is 0 Å². The van der Waals surface area contributed by atoms with Crippen LogP contribution in [-0.2, 0) is 17.8 Å².